The van der Waals surface area contributed by atoms with Crippen LogP contribution >= 0.6 is 0 Å². The van der Waals surface area contributed by atoms with Crippen LogP contribution in [0.15, 0.2) is 54.6 Å². The highest BCUT2D eigenvalue weighted by molar-refractivity contribution is 6.08. The highest BCUT2D eigenvalue weighted by Crippen LogP contribution is 2.23. The van der Waals surface area contributed by atoms with Crippen molar-refractivity contribution in [3.8, 4) is 5.88 Å². The molecule has 1 heterocycles. The van der Waals surface area contributed by atoms with Gasteiger partial charge in [-0.3, -0.25) is 4.79 Å². The van der Waals surface area contributed by atoms with Crippen molar-refractivity contribution in [2.75, 3.05) is 12.4 Å². The van der Waals surface area contributed by atoms with E-state index in [9.17, 15) is 4.79 Å². The number of nitrogens with one attached hydrogen (secondary N) is 1. The van der Waals surface area contributed by atoms with Crippen LogP contribution in [0.25, 0.3) is 10.8 Å². The zero-order valence-electron chi connectivity index (χ0n) is 11.4. The van der Waals surface area contributed by atoms with Gasteiger partial charge in [-0.25, -0.2) is 0 Å². The monoisotopic (exact) mass is 279 g/mol. The number of aromatic nitrogens is 2. The number of hydrogen-bond acceptors (Lipinski definition) is 4. The molecule has 5 nitrogen and oxygen atoms in total. The van der Waals surface area contributed by atoms with Crippen LogP contribution in [0.2, 0.25) is 0 Å². The largest absolute Gasteiger partial charge is 0.480 e. The van der Waals surface area contributed by atoms with E-state index in [1.165, 1.54) is 7.11 Å². The van der Waals surface area contributed by atoms with Crippen molar-refractivity contribution in [1.82, 2.24) is 10.2 Å². The van der Waals surface area contributed by atoms with E-state index in [0.29, 0.717) is 5.88 Å². The summed E-state index contributed by atoms with van der Waals surface area (Å²) >= 11 is 0. The molecule has 21 heavy (non-hydrogen) atoms. The predicted molar refractivity (Wildman–Crippen MR) is 80.5 cm³/mol. The zero-order valence-corrected chi connectivity index (χ0v) is 11.4. The summed E-state index contributed by atoms with van der Waals surface area (Å²) in [5.74, 6) is 0.0678. The van der Waals surface area contributed by atoms with Crippen molar-refractivity contribution in [1.29, 1.82) is 0 Å². The Balaban J connectivity index is 1.89. The molecule has 0 radical (unpaired) electrons. The Kier molecular flexibility index (Phi) is 3.47. The van der Waals surface area contributed by atoms with Gasteiger partial charge in [0.25, 0.3) is 5.91 Å². The van der Waals surface area contributed by atoms with Gasteiger partial charge >= 0.3 is 0 Å². The second kappa shape index (κ2) is 5.58. The molecule has 0 aliphatic heterocycles. The third-order valence-corrected chi connectivity index (χ3v) is 3.12. The van der Waals surface area contributed by atoms with E-state index in [0.717, 1.165) is 16.5 Å². The Morgan fingerprint density at radius 1 is 1.00 bits per heavy atom. The van der Waals surface area contributed by atoms with Crippen molar-refractivity contribution in [2.45, 2.75) is 0 Å². The first-order chi connectivity index (χ1) is 10.3. The number of carbonyl (C=O) groups is 1. The summed E-state index contributed by atoms with van der Waals surface area (Å²) in [4.78, 5) is 12.2. The van der Waals surface area contributed by atoms with Gasteiger partial charge in [0.05, 0.1) is 7.11 Å². The molecule has 0 aliphatic rings. The molecule has 0 fully saturated rings. The van der Waals surface area contributed by atoms with Crippen molar-refractivity contribution < 1.29 is 9.53 Å². The van der Waals surface area contributed by atoms with Crippen LogP contribution in [-0.4, -0.2) is 23.2 Å². The fourth-order valence-corrected chi connectivity index (χ4v) is 2.07. The topological polar surface area (TPSA) is 64.1 Å². The van der Waals surface area contributed by atoms with Crippen LogP contribution in [-0.2, 0) is 0 Å². The van der Waals surface area contributed by atoms with Crippen LogP contribution in [0.4, 0.5) is 5.69 Å². The van der Waals surface area contributed by atoms with Crippen molar-refractivity contribution in [3.63, 3.8) is 0 Å². The average molecular weight is 279 g/mol. The lowest BCUT2D eigenvalue weighted by Gasteiger charge is -2.08. The number of fused-ring (bicyclic) bond motifs is 1. The van der Waals surface area contributed by atoms with E-state index in [1.807, 2.05) is 42.5 Å². The third kappa shape index (κ3) is 2.67. The van der Waals surface area contributed by atoms with Gasteiger partial charge in [-0.2, -0.15) is 0 Å². The molecule has 0 bridgehead atoms. The van der Waals surface area contributed by atoms with Gasteiger partial charge in [-0.15, -0.1) is 10.2 Å². The summed E-state index contributed by atoms with van der Waals surface area (Å²) in [5, 5.41) is 12.5. The fourth-order valence-electron chi connectivity index (χ4n) is 2.07. The third-order valence-electron chi connectivity index (χ3n) is 3.12. The molecule has 1 aromatic heterocycles. The lowest BCUT2D eigenvalue weighted by Crippen LogP contribution is -2.14. The molecule has 104 valence electrons. The molecule has 0 spiro atoms. The van der Waals surface area contributed by atoms with Crippen LogP contribution in [0.5, 0.6) is 5.88 Å². The van der Waals surface area contributed by atoms with Gasteiger partial charge < -0.3 is 10.1 Å². The average Bonchev–Trinajstić information content (AvgIpc) is 2.55. The SMILES string of the molecule is COc1ccc(C(=O)Nc2cccc3ccccc23)nn1. The summed E-state index contributed by atoms with van der Waals surface area (Å²) < 4.78 is 4.92. The van der Waals surface area contributed by atoms with Gasteiger partial charge in [0.15, 0.2) is 5.69 Å². The van der Waals surface area contributed by atoms with Gasteiger partial charge in [-0.1, -0.05) is 36.4 Å². The maximum absolute atomic E-state index is 12.2. The van der Waals surface area contributed by atoms with E-state index in [-0.39, 0.29) is 11.6 Å². The van der Waals surface area contributed by atoms with Crippen molar-refractivity contribution >= 4 is 22.4 Å². The van der Waals surface area contributed by atoms with Gasteiger partial charge in [0, 0.05) is 17.1 Å². The second-order valence-corrected chi connectivity index (χ2v) is 4.44. The van der Waals surface area contributed by atoms with E-state index >= 15 is 0 Å². The minimum Gasteiger partial charge on any atom is -0.480 e. The quantitative estimate of drug-likeness (QED) is 0.800. The van der Waals surface area contributed by atoms with Crippen LogP contribution in [0.3, 0.4) is 0 Å². The van der Waals surface area contributed by atoms with E-state index in [1.54, 1.807) is 12.1 Å². The maximum atomic E-state index is 12.2. The Bertz CT molecular complexity index is 780. The molecular formula is C16H13N3O2. The summed E-state index contributed by atoms with van der Waals surface area (Å²) in [7, 11) is 1.50. The van der Waals surface area contributed by atoms with Crippen LogP contribution in [0.1, 0.15) is 10.5 Å². The maximum Gasteiger partial charge on any atom is 0.276 e. The first-order valence-electron chi connectivity index (χ1n) is 6.45. The number of rotatable bonds is 3. The van der Waals surface area contributed by atoms with Crippen molar-refractivity contribution in [3.05, 3.63) is 60.3 Å². The minimum absolute atomic E-state index is 0.240. The molecule has 5 heteroatoms. The predicted octanol–water partition coefficient (Wildman–Crippen LogP) is 2.89. The molecule has 0 saturated heterocycles. The number of carbonyl (C=O) groups excluding carboxylic acids is 1. The van der Waals surface area contributed by atoms with Crippen LogP contribution in [0, 0.1) is 0 Å². The normalized spacial score (nSPS) is 10.3. The summed E-state index contributed by atoms with van der Waals surface area (Å²) in [5.41, 5.74) is 0.986. The van der Waals surface area contributed by atoms with E-state index < -0.39 is 0 Å². The van der Waals surface area contributed by atoms with Crippen molar-refractivity contribution in [2.24, 2.45) is 0 Å². The van der Waals surface area contributed by atoms with E-state index in [4.69, 9.17) is 4.74 Å². The summed E-state index contributed by atoms with van der Waals surface area (Å²) in [6.07, 6.45) is 0. The molecule has 0 unspecified atom stereocenters. The standard InChI is InChI=1S/C16H13N3O2/c1-21-15-10-9-14(18-19-15)16(20)17-13-8-4-6-11-5-2-3-7-12(11)13/h2-10H,1H3,(H,17,20). The Morgan fingerprint density at radius 2 is 1.81 bits per heavy atom. The number of hydrogen-bond donors (Lipinski definition) is 1. The minimum atomic E-state index is -0.304. The lowest BCUT2D eigenvalue weighted by molar-refractivity contribution is 0.102. The number of amides is 1. The van der Waals surface area contributed by atoms with Gasteiger partial charge in [0.1, 0.15) is 0 Å². The molecule has 1 N–H and O–H groups in total. The van der Waals surface area contributed by atoms with Gasteiger partial charge in [0.2, 0.25) is 5.88 Å². The molecule has 3 aromatic rings. The Labute approximate surface area is 121 Å². The molecule has 0 aliphatic carbocycles. The molecule has 2 aromatic carbocycles. The highest BCUT2D eigenvalue weighted by Gasteiger charge is 2.10. The lowest BCUT2D eigenvalue weighted by atomic mass is 10.1. The zero-order chi connectivity index (χ0) is 14.7. The Hall–Kier alpha value is -2.95. The highest BCUT2D eigenvalue weighted by atomic mass is 16.5. The first-order valence-corrected chi connectivity index (χ1v) is 6.45. The first kappa shape index (κ1) is 13.1. The number of methoxy groups -OCH3 is 1. The second-order valence-electron chi connectivity index (χ2n) is 4.44. The molecule has 0 saturated carbocycles. The van der Waals surface area contributed by atoms with E-state index in [2.05, 4.69) is 15.5 Å². The number of nitrogens with zero attached hydrogens (tertiary/aromatic N) is 2. The fraction of sp³-hybridized carbons (Fsp3) is 0.0625. The molecule has 0 atom stereocenters. The summed E-state index contributed by atoms with van der Waals surface area (Å²) in [6.45, 7) is 0. The van der Waals surface area contributed by atoms with Gasteiger partial charge in [-0.05, 0) is 17.5 Å². The number of anilines is 1. The number of benzene rings is 2. The smallest absolute Gasteiger partial charge is 0.276 e. The molecule has 1 amide bonds. The Morgan fingerprint density at radius 3 is 2.57 bits per heavy atom. The number of ether oxygens (including phenoxy) is 1. The molecule has 3 rings (SSSR count). The summed E-state index contributed by atoms with van der Waals surface area (Å²) in [6, 6.07) is 16.8. The van der Waals surface area contributed by atoms with Crippen LogP contribution < -0.4 is 10.1 Å². The molecular weight excluding hydrogens is 266 g/mol.